The first kappa shape index (κ1) is 64.2. The maximum atomic E-state index is 14.7. The average molecular weight is 1620 g/mol. The molecule has 0 saturated heterocycles. The Hall–Kier alpha value is -13.6. The fraction of sp³-hybridized carbons (Fsp3) is 0.233. The molecule has 0 radical (unpaired) electrons. The Morgan fingerprint density at radius 1 is 0.190 bits per heavy atom. The first-order valence-corrected chi connectivity index (χ1v) is 45.2. The van der Waals surface area contributed by atoms with Gasteiger partial charge in [0.1, 0.15) is 28.7 Å². The van der Waals surface area contributed by atoms with Crippen LogP contribution in [0.25, 0.3) is 215 Å². The van der Waals surface area contributed by atoms with Crippen molar-refractivity contribution in [3.05, 3.63) is 227 Å². The van der Waals surface area contributed by atoms with Gasteiger partial charge in [-0.2, -0.15) is 0 Å². The fourth-order valence-corrected chi connectivity index (χ4v) is 32.7. The molecule has 37 rings (SSSR count). The van der Waals surface area contributed by atoms with E-state index in [4.69, 9.17) is 23.7 Å². The van der Waals surface area contributed by atoms with Crippen LogP contribution in [0.2, 0.25) is 0 Å². The molecule has 4 unspecified atom stereocenters. The average Bonchev–Trinajstić information content (AvgIpc) is 1.36. The van der Waals surface area contributed by atoms with E-state index in [-0.39, 0.29) is 29.8 Å². The second-order valence-electron chi connectivity index (χ2n) is 45.9. The largest absolute Gasteiger partial charge is 0.426 e. The zero-order chi connectivity index (χ0) is 84.0. The van der Waals surface area contributed by atoms with E-state index in [0.717, 1.165) is 27.8 Å². The van der Waals surface area contributed by atoms with Gasteiger partial charge in [-0.3, -0.25) is 24.0 Å². The number of rotatable bonds is 10. The molecule has 4 atom stereocenters. The molecule has 26 aromatic rings. The molecule has 0 aromatic heterocycles. The molecular formula is C116H68O10. The quantitative estimate of drug-likeness (QED) is 0.0741. The summed E-state index contributed by atoms with van der Waals surface area (Å²) < 4.78 is 33.3. The lowest BCUT2D eigenvalue weighted by molar-refractivity contribution is -0.143. The molecule has 0 heterocycles. The van der Waals surface area contributed by atoms with E-state index < -0.39 is 59.6 Å². The van der Waals surface area contributed by atoms with Crippen LogP contribution in [0.4, 0.5) is 0 Å². The van der Waals surface area contributed by atoms with Crippen LogP contribution in [0.15, 0.2) is 144 Å². The third-order valence-electron chi connectivity index (χ3n) is 35.8. The number of hydrogen-bond acceptors (Lipinski definition) is 10. The Balaban J connectivity index is 0.870. The molecule has 10 heteroatoms. The predicted octanol–water partition coefficient (Wildman–Crippen LogP) is 26.3. The first-order valence-electron chi connectivity index (χ1n) is 45.2. The van der Waals surface area contributed by atoms with Gasteiger partial charge in [-0.15, -0.1) is 0 Å². The van der Waals surface area contributed by atoms with Crippen molar-refractivity contribution in [2.75, 3.05) is 0 Å². The Labute approximate surface area is 714 Å². The molecule has 0 aliphatic heterocycles. The number of allylic oxidation sites excluding steroid dienone is 4. The summed E-state index contributed by atoms with van der Waals surface area (Å²) in [5.41, 5.74) is 13.3. The SMILES string of the molecule is CC(C)(C)C(=O)Oc1ccc(C23C4=C5C6(c7ccc(OC(=O)C(C)(C)C)cc7)c7c2c2c8c3c3c9c%10c%11c%12c%13c%14c%15c%16c%17c%18c(c6c6c7c7c2c2c%19c8c9c8c9c%10c%13c%10c%13c%14c%17c%14c%17c%18c6c6c7c2c2c(c%198)c(c9%10)c(c%13%14)c2c6%17)C%16(c2ccc(OC(=O)C(C)(C)C)cc2)C5(C)C(=C4C3%11c2ccc(OC(=O)C(C)(C)C)cc2)C%12%15c2ccc(OC(=O)C(C)(C)C)cc2)cc1. The molecule has 11 aliphatic rings. The summed E-state index contributed by atoms with van der Waals surface area (Å²) in [6.45, 7) is 31.6. The predicted molar refractivity (Wildman–Crippen MR) is 497 cm³/mol. The van der Waals surface area contributed by atoms with Crippen molar-refractivity contribution in [2.45, 2.75) is 138 Å². The summed E-state index contributed by atoms with van der Waals surface area (Å²) in [6.07, 6.45) is 0. The normalized spacial score (nSPS) is 23.5. The van der Waals surface area contributed by atoms with E-state index in [2.05, 4.69) is 128 Å². The lowest BCUT2D eigenvalue weighted by atomic mass is 9.34. The van der Waals surface area contributed by atoms with Crippen LogP contribution in [0, 0.1) is 32.5 Å². The number of esters is 5. The van der Waals surface area contributed by atoms with Crippen LogP contribution in [0.3, 0.4) is 0 Å². The third-order valence-corrected chi connectivity index (χ3v) is 35.8. The van der Waals surface area contributed by atoms with Gasteiger partial charge in [-0.25, -0.2) is 0 Å². The summed E-state index contributed by atoms with van der Waals surface area (Å²) in [4.78, 5) is 73.2. The second-order valence-corrected chi connectivity index (χ2v) is 45.9. The highest BCUT2D eigenvalue weighted by molar-refractivity contribution is 6.77. The van der Waals surface area contributed by atoms with Gasteiger partial charge >= 0.3 is 29.8 Å². The fourth-order valence-electron chi connectivity index (χ4n) is 32.7. The van der Waals surface area contributed by atoms with Gasteiger partial charge < -0.3 is 23.7 Å². The molecule has 10 nitrogen and oxygen atoms in total. The molecule has 0 bridgehead atoms. The molecule has 126 heavy (non-hydrogen) atoms. The number of benzene rings is 20. The smallest absolute Gasteiger partial charge is 0.316 e. The maximum Gasteiger partial charge on any atom is 0.316 e. The van der Waals surface area contributed by atoms with Gasteiger partial charge in [0.05, 0.1) is 54.1 Å². The van der Waals surface area contributed by atoms with Crippen molar-refractivity contribution < 1.29 is 47.7 Å². The Morgan fingerprint density at radius 3 is 0.516 bits per heavy atom. The van der Waals surface area contributed by atoms with Crippen LogP contribution in [0.1, 0.15) is 194 Å². The van der Waals surface area contributed by atoms with E-state index in [9.17, 15) is 24.0 Å². The minimum Gasteiger partial charge on any atom is -0.426 e. The van der Waals surface area contributed by atoms with Crippen LogP contribution in [-0.2, 0) is 51.0 Å². The lowest BCUT2D eigenvalue weighted by Gasteiger charge is -2.66. The van der Waals surface area contributed by atoms with Gasteiger partial charge in [-0.1, -0.05) is 67.6 Å². The highest BCUT2D eigenvalue weighted by atomic mass is 16.6. The Morgan fingerprint density at radius 2 is 0.333 bits per heavy atom. The first-order chi connectivity index (χ1) is 60.2. The van der Waals surface area contributed by atoms with E-state index >= 15 is 0 Å². The summed E-state index contributed by atoms with van der Waals surface area (Å²) in [6, 6.07) is 45.0. The number of hydrogen-bond donors (Lipinski definition) is 0. The molecule has 0 spiro atoms. The van der Waals surface area contributed by atoms with Crippen molar-refractivity contribution in [3.63, 3.8) is 0 Å². The minimum atomic E-state index is -1.17. The summed E-state index contributed by atoms with van der Waals surface area (Å²) in [5, 5.41) is 56.0. The van der Waals surface area contributed by atoms with E-state index in [0.29, 0.717) is 28.7 Å². The summed E-state index contributed by atoms with van der Waals surface area (Å²) in [5.74, 6) is 0.841. The minimum absolute atomic E-state index is 0.313. The zero-order valence-corrected chi connectivity index (χ0v) is 71.6. The highest BCUT2D eigenvalue weighted by Crippen LogP contribution is 2.95. The van der Waals surface area contributed by atoms with Crippen LogP contribution < -0.4 is 23.7 Å². The zero-order valence-electron chi connectivity index (χ0n) is 71.6. The van der Waals surface area contributed by atoms with Crippen molar-refractivity contribution in [1.82, 2.24) is 0 Å². The van der Waals surface area contributed by atoms with Gasteiger partial charge in [0.15, 0.2) is 0 Å². The maximum absolute atomic E-state index is 14.7. The Bertz CT molecular complexity index is 9600. The standard InChI is InChI=1S/C116H68O10/c1-106(2,3)101(117)122-42-27-17-37(18-28-42)112-87-77-67-57-52-47-48-50-51-49(47)54-60-58(52)68(67)78-80-70(60)72-62(54)64-56(51)66-65-55(50)63-61-53(48)59(57)69-71(61)81-83-73(63)75(65)85-86-76(66)74(64)84-82(72)92-90(80)113(88(78)87,38-19-29-43(30-20-38)123-102(118)107(4,5)6)98-97(112)99-111(16)100(98)115(92,40-23-33-45(34-24-40)125-104(120)109(10,11)12)94(84)96(86)116(111,41-25-35-46(36-26-41)126-105(121)110(13,14)15)95(85)93(83)114(99,91(81)89(112)79(69)77)39-21-31-44(32-22-39)124-103(119)108(7,8)9/h17-36H,1-16H3. The molecule has 0 N–H and O–H groups in total. The molecule has 0 amide bonds. The van der Waals surface area contributed by atoms with E-state index in [1.807, 2.05) is 104 Å². The molecule has 0 saturated carbocycles. The Kier molecular flexibility index (Phi) is 8.56. The van der Waals surface area contributed by atoms with Crippen LogP contribution >= 0.6 is 0 Å². The molecule has 11 aliphatic carbocycles. The van der Waals surface area contributed by atoms with Gasteiger partial charge in [0.25, 0.3) is 0 Å². The van der Waals surface area contributed by atoms with Gasteiger partial charge in [-0.05, 0) is 486 Å². The van der Waals surface area contributed by atoms with Gasteiger partial charge in [0, 0.05) is 5.41 Å². The second kappa shape index (κ2) is 16.8. The topological polar surface area (TPSA) is 132 Å². The molecular weight excluding hydrogens is 1550 g/mol. The van der Waals surface area contributed by atoms with Crippen molar-refractivity contribution in [2.24, 2.45) is 32.5 Å². The third kappa shape index (κ3) is 5.02. The van der Waals surface area contributed by atoms with Crippen LogP contribution in [0.5, 0.6) is 28.7 Å². The highest BCUT2D eigenvalue weighted by Gasteiger charge is 2.86. The van der Waals surface area contributed by atoms with E-state index in [1.54, 1.807) is 0 Å². The molecule has 26 aromatic carbocycles. The van der Waals surface area contributed by atoms with E-state index in [1.165, 1.54) is 293 Å². The van der Waals surface area contributed by atoms with Crippen molar-refractivity contribution in [1.29, 1.82) is 0 Å². The van der Waals surface area contributed by atoms with Crippen LogP contribution in [-0.4, -0.2) is 29.8 Å². The number of ether oxygens (including phenoxy) is 5. The van der Waals surface area contributed by atoms with Crippen molar-refractivity contribution >= 4 is 245 Å². The van der Waals surface area contributed by atoms with Crippen molar-refractivity contribution in [3.8, 4) is 28.7 Å². The number of carbonyl (C=O) groups excluding carboxylic acids is 5. The summed E-state index contributed by atoms with van der Waals surface area (Å²) >= 11 is 0. The summed E-state index contributed by atoms with van der Waals surface area (Å²) in [7, 11) is 0. The van der Waals surface area contributed by atoms with Gasteiger partial charge in [0.2, 0.25) is 0 Å². The molecule has 592 valence electrons. The lowest BCUT2D eigenvalue weighted by Crippen LogP contribution is -2.62. The number of carbonyl (C=O) groups is 5. The molecule has 0 fully saturated rings. The monoisotopic (exact) mass is 1620 g/mol.